The molecule has 2 N–H and O–H groups in total. The molecule has 1 rings (SSSR count). The molecule has 0 saturated carbocycles. The van der Waals surface area contributed by atoms with Crippen LogP contribution in [0.5, 0.6) is 11.5 Å². The first-order valence-electron chi connectivity index (χ1n) is 6.88. The number of amides is 1. The van der Waals surface area contributed by atoms with Gasteiger partial charge in [0, 0.05) is 6.07 Å². The summed E-state index contributed by atoms with van der Waals surface area (Å²) in [5, 5.41) is 22.4. The monoisotopic (exact) mass is 326 g/mol. The lowest BCUT2D eigenvalue weighted by Gasteiger charge is -2.14. The van der Waals surface area contributed by atoms with Crippen LogP contribution in [0.1, 0.15) is 30.6 Å². The molecule has 0 radical (unpaired) electrons. The minimum Gasteiger partial charge on any atom is -0.493 e. The topological polar surface area (TPSA) is 128 Å². The average Bonchev–Trinajstić information content (AvgIpc) is 2.51. The fourth-order valence-electron chi connectivity index (χ4n) is 1.88. The molecule has 0 aliphatic rings. The van der Waals surface area contributed by atoms with Crippen LogP contribution in [0.15, 0.2) is 12.1 Å². The molecule has 1 unspecified atom stereocenters. The fraction of sp³-hybridized carbons (Fsp3) is 0.429. The van der Waals surface area contributed by atoms with Crippen molar-refractivity contribution in [2.45, 2.75) is 26.3 Å². The van der Waals surface area contributed by atoms with Crippen molar-refractivity contribution in [1.29, 1.82) is 0 Å². The van der Waals surface area contributed by atoms with Crippen LogP contribution in [0.2, 0.25) is 0 Å². The molecule has 9 nitrogen and oxygen atoms in total. The van der Waals surface area contributed by atoms with Crippen molar-refractivity contribution in [3.05, 3.63) is 27.8 Å². The second kappa shape index (κ2) is 7.97. The number of hydrogen-bond acceptors (Lipinski definition) is 6. The van der Waals surface area contributed by atoms with Crippen LogP contribution in [-0.2, 0) is 4.79 Å². The molecule has 0 saturated heterocycles. The molecular formula is C14H18N2O7. The van der Waals surface area contributed by atoms with Crippen molar-refractivity contribution in [3.63, 3.8) is 0 Å². The van der Waals surface area contributed by atoms with E-state index in [9.17, 15) is 19.7 Å². The van der Waals surface area contributed by atoms with Crippen molar-refractivity contribution >= 4 is 17.6 Å². The number of nitro benzene ring substituents is 1. The number of carboxylic acid groups (broad SMARTS) is 1. The Bertz CT molecular complexity index is 615. The number of aliphatic carboxylic acids is 1. The van der Waals surface area contributed by atoms with Crippen LogP contribution in [-0.4, -0.2) is 41.7 Å². The van der Waals surface area contributed by atoms with E-state index in [4.69, 9.17) is 14.6 Å². The van der Waals surface area contributed by atoms with Gasteiger partial charge < -0.3 is 19.9 Å². The number of benzene rings is 1. The highest BCUT2D eigenvalue weighted by Gasteiger charge is 2.27. The van der Waals surface area contributed by atoms with Crippen LogP contribution < -0.4 is 14.8 Å². The Labute approximate surface area is 132 Å². The Morgan fingerprint density at radius 3 is 2.43 bits per heavy atom. The van der Waals surface area contributed by atoms with E-state index in [0.29, 0.717) is 0 Å². The van der Waals surface area contributed by atoms with Gasteiger partial charge in [0.1, 0.15) is 11.6 Å². The molecule has 0 fully saturated rings. The second-order valence-electron chi connectivity index (χ2n) is 4.48. The molecule has 23 heavy (non-hydrogen) atoms. The molecule has 0 spiro atoms. The lowest BCUT2D eigenvalue weighted by molar-refractivity contribution is -0.385. The van der Waals surface area contributed by atoms with Gasteiger partial charge in [-0.3, -0.25) is 14.9 Å². The zero-order valence-corrected chi connectivity index (χ0v) is 13.0. The quantitative estimate of drug-likeness (QED) is 0.548. The highest BCUT2D eigenvalue weighted by molar-refractivity contribution is 6.00. The van der Waals surface area contributed by atoms with Crippen molar-refractivity contribution in [2.75, 3.05) is 13.7 Å². The summed E-state index contributed by atoms with van der Waals surface area (Å²) in [7, 11) is 1.33. The summed E-state index contributed by atoms with van der Waals surface area (Å²) >= 11 is 0. The average molecular weight is 326 g/mol. The zero-order chi connectivity index (χ0) is 17.6. The van der Waals surface area contributed by atoms with Gasteiger partial charge in [-0.1, -0.05) is 6.92 Å². The van der Waals surface area contributed by atoms with E-state index in [1.165, 1.54) is 7.11 Å². The fourth-order valence-corrected chi connectivity index (χ4v) is 1.88. The predicted octanol–water partition coefficient (Wildman–Crippen LogP) is 1.60. The summed E-state index contributed by atoms with van der Waals surface area (Å²) in [5.41, 5.74) is -0.790. The summed E-state index contributed by atoms with van der Waals surface area (Å²) in [5.74, 6) is -1.82. The van der Waals surface area contributed by atoms with E-state index in [1.807, 2.05) is 0 Å². The molecule has 1 atom stereocenters. The standard InChI is InChI=1S/C14H18N2O7/c1-4-9(14(18)19)15-13(17)8-6-11(22-3)12(23-5-2)7-10(8)16(20)21/h6-7,9H,4-5H2,1-3H3,(H,15,17)(H,18,19). The highest BCUT2D eigenvalue weighted by atomic mass is 16.6. The largest absolute Gasteiger partial charge is 0.493 e. The molecule has 126 valence electrons. The van der Waals surface area contributed by atoms with Crippen LogP contribution in [0.3, 0.4) is 0 Å². The number of hydrogen-bond donors (Lipinski definition) is 2. The molecular weight excluding hydrogens is 308 g/mol. The van der Waals surface area contributed by atoms with Crippen LogP contribution >= 0.6 is 0 Å². The Morgan fingerprint density at radius 1 is 1.35 bits per heavy atom. The molecule has 0 heterocycles. The first-order valence-corrected chi connectivity index (χ1v) is 6.88. The maximum atomic E-state index is 12.2. The van der Waals surface area contributed by atoms with Gasteiger partial charge in [0.25, 0.3) is 11.6 Å². The van der Waals surface area contributed by atoms with Crippen LogP contribution in [0.25, 0.3) is 0 Å². The summed E-state index contributed by atoms with van der Waals surface area (Å²) in [6.45, 7) is 3.53. The number of carbonyl (C=O) groups excluding carboxylic acids is 1. The maximum Gasteiger partial charge on any atom is 0.326 e. The minimum atomic E-state index is -1.22. The predicted molar refractivity (Wildman–Crippen MR) is 80.0 cm³/mol. The third kappa shape index (κ3) is 4.31. The number of nitro groups is 1. The summed E-state index contributed by atoms with van der Waals surface area (Å²) in [6, 6.07) is 1.10. The van der Waals surface area contributed by atoms with E-state index in [2.05, 4.69) is 5.32 Å². The summed E-state index contributed by atoms with van der Waals surface area (Å²) < 4.78 is 10.3. The van der Waals surface area contributed by atoms with Gasteiger partial charge in [0.15, 0.2) is 11.5 Å². The zero-order valence-electron chi connectivity index (χ0n) is 13.0. The number of nitrogens with one attached hydrogen (secondary N) is 1. The highest BCUT2D eigenvalue weighted by Crippen LogP contribution is 2.34. The molecule has 0 bridgehead atoms. The molecule has 1 amide bonds. The lowest BCUT2D eigenvalue weighted by Crippen LogP contribution is -2.40. The number of nitrogens with zero attached hydrogens (tertiary/aromatic N) is 1. The number of methoxy groups -OCH3 is 1. The van der Waals surface area contributed by atoms with Gasteiger partial charge >= 0.3 is 5.97 Å². The van der Waals surface area contributed by atoms with Crippen LogP contribution in [0.4, 0.5) is 5.69 Å². The number of rotatable bonds is 8. The van der Waals surface area contributed by atoms with Crippen molar-refractivity contribution < 1.29 is 29.1 Å². The van der Waals surface area contributed by atoms with E-state index in [-0.39, 0.29) is 30.1 Å². The molecule has 9 heteroatoms. The van der Waals surface area contributed by atoms with Crippen molar-refractivity contribution in [3.8, 4) is 11.5 Å². The molecule has 1 aromatic carbocycles. The first kappa shape index (κ1) is 18.2. The van der Waals surface area contributed by atoms with Crippen molar-refractivity contribution in [2.24, 2.45) is 0 Å². The second-order valence-corrected chi connectivity index (χ2v) is 4.48. The first-order chi connectivity index (χ1) is 10.8. The maximum absolute atomic E-state index is 12.2. The molecule has 0 aromatic heterocycles. The summed E-state index contributed by atoms with van der Waals surface area (Å²) in [6.07, 6.45) is 0.142. The van der Waals surface area contributed by atoms with Crippen LogP contribution in [0, 0.1) is 10.1 Å². The third-order valence-electron chi connectivity index (χ3n) is 3.03. The third-order valence-corrected chi connectivity index (χ3v) is 3.03. The Kier molecular flexibility index (Phi) is 6.31. The normalized spacial score (nSPS) is 11.4. The molecule has 0 aliphatic carbocycles. The Hall–Kier alpha value is -2.84. The van der Waals surface area contributed by atoms with Crippen molar-refractivity contribution in [1.82, 2.24) is 5.32 Å². The van der Waals surface area contributed by atoms with Gasteiger partial charge in [-0.05, 0) is 13.3 Å². The number of carboxylic acids is 1. The smallest absolute Gasteiger partial charge is 0.326 e. The Balaban J connectivity index is 3.30. The van der Waals surface area contributed by atoms with Gasteiger partial charge in [-0.2, -0.15) is 0 Å². The minimum absolute atomic E-state index is 0.128. The van der Waals surface area contributed by atoms with E-state index in [0.717, 1.165) is 12.1 Å². The van der Waals surface area contributed by atoms with E-state index in [1.54, 1.807) is 13.8 Å². The number of ether oxygens (including phenoxy) is 2. The van der Waals surface area contributed by atoms with Gasteiger partial charge in [-0.25, -0.2) is 4.79 Å². The molecule has 1 aromatic rings. The summed E-state index contributed by atoms with van der Waals surface area (Å²) in [4.78, 5) is 33.6. The SMILES string of the molecule is CCOc1cc([N+](=O)[O-])c(C(=O)NC(CC)C(=O)O)cc1OC. The van der Waals surface area contributed by atoms with E-state index >= 15 is 0 Å². The van der Waals surface area contributed by atoms with Gasteiger partial charge in [0.2, 0.25) is 0 Å². The number of carbonyl (C=O) groups is 2. The lowest BCUT2D eigenvalue weighted by atomic mass is 10.1. The van der Waals surface area contributed by atoms with E-state index < -0.39 is 28.5 Å². The van der Waals surface area contributed by atoms with Gasteiger partial charge in [0.05, 0.1) is 24.7 Å². The molecule has 0 aliphatic heterocycles. The van der Waals surface area contributed by atoms with Gasteiger partial charge in [-0.15, -0.1) is 0 Å². The Morgan fingerprint density at radius 2 is 2.00 bits per heavy atom.